The molecule has 15 rings (SSSR count). The van der Waals surface area contributed by atoms with Gasteiger partial charge in [-0.05, 0) is 105 Å². The lowest BCUT2D eigenvalue weighted by Crippen LogP contribution is -2.48. The van der Waals surface area contributed by atoms with Gasteiger partial charge in [0, 0.05) is 123 Å². The SMILES string of the molecule is C1CCOC1.CN1OC2(CC(C3CCCOC3)Oc3ccc(Br)cc32)N=C1N.N#Cc1c(F)cccc1F.[C-]#[N+]c1c(F)ccc(-c2ccc3c(c2)C2(CC(C4CCCOC4)O3)N=C(N)N(C)O2)c1F.[C-]#[N+]c1c(F)ccc(B2OCC(C)(C)CO2)c1F.[C-]#[N+]c1c(F)ccc(B2OCC(C)(C)CO2)c1F. The van der Waals surface area contributed by atoms with Crippen LogP contribution in [0.4, 0.5) is 52.2 Å². The van der Waals surface area contributed by atoms with Crippen molar-refractivity contribution < 1.29 is 87.1 Å². The fourth-order valence-electron chi connectivity index (χ4n) is 12.7. The molecule has 558 valence electrons. The fraction of sp³-hybridized carbons (Fsp3) is 0.432. The number of halogens is 9. The summed E-state index contributed by atoms with van der Waals surface area (Å²) < 4.78 is 159. The zero-order valence-corrected chi connectivity index (χ0v) is 60.6. The Balaban J connectivity index is 0.000000145. The molecule has 32 heteroatoms. The average Bonchev–Trinajstić information content (AvgIpc) is 1.47. The molecule has 6 aromatic carbocycles. The molecule has 9 aliphatic rings. The van der Waals surface area contributed by atoms with E-state index >= 15 is 0 Å². The number of hydrogen-bond acceptors (Lipinski definition) is 18. The number of ether oxygens (including phenoxy) is 5. The molecular weight excluding hydrogens is 1460 g/mol. The minimum atomic E-state index is -1.12. The molecule has 0 aromatic heterocycles. The first-order valence-electron chi connectivity index (χ1n) is 34.1. The van der Waals surface area contributed by atoms with Crippen molar-refractivity contribution in [3.8, 4) is 28.7 Å². The van der Waals surface area contributed by atoms with E-state index in [0.717, 1.165) is 105 Å². The molecule has 0 aliphatic carbocycles. The van der Waals surface area contributed by atoms with E-state index in [0.29, 0.717) is 74.6 Å². The smallest absolute Gasteiger partial charge is 0.489 e. The quantitative estimate of drug-likeness (QED) is 0.0930. The van der Waals surface area contributed by atoms with E-state index in [1.807, 2.05) is 45.9 Å². The third kappa shape index (κ3) is 18.5. The largest absolute Gasteiger partial charge is 0.495 e. The van der Waals surface area contributed by atoms with E-state index in [4.69, 9.17) is 88.4 Å². The van der Waals surface area contributed by atoms with Crippen molar-refractivity contribution in [2.45, 2.75) is 103 Å². The summed E-state index contributed by atoms with van der Waals surface area (Å²) in [5.41, 5.74) is 9.64. The zero-order chi connectivity index (χ0) is 76.3. The number of guanidine groups is 2. The van der Waals surface area contributed by atoms with Crippen LogP contribution in [0, 0.1) is 100 Å². The highest BCUT2D eigenvalue weighted by molar-refractivity contribution is 9.10. The molecule has 6 atom stereocenters. The summed E-state index contributed by atoms with van der Waals surface area (Å²) in [5, 5.41) is 11.1. The highest BCUT2D eigenvalue weighted by atomic mass is 79.9. The van der Waals surface area contributed by atoms with Crippen molar-refractivity contribution >= 4 is 70.1 Å². The maximum atomic E-state index is 14.9. The van der Waals surface area contributed by atoms with Gasteiger partial charge in [-0.15, -0.1) is 0 Å². The number of hydrogen-bond donors (Lipinski definition) is 2. The number of benzene rings is 6. The Morgan fingerprint density at radius 1 is 0.538 bits per heavy atom. The van der Waals surface area contributed by atoms with Crippen LogP contribution in [0.5, 0.6) is 11.5 Å². The van der Waals surface area contributed by atoms with Gasteiger partial charge >= 0.3 is 14.2 Å². The van der Waals surface area contributed by atoms with Crippen molar-refractivity contribution in [2.24, 2.45) is 44.1 Å². The first-order chi connectivity index (χ1) is 50.6. The molecule has 0 amide bonds. The standard InChI is InChI=1S/C23H22F2N4O3.C16H20BrN3O3.2C12H12BF2NO2.C7H3F2N.C4H8O/c1-27-21-17(24)7-6-15(20(21)25)13-5-8-18-16(10-13)23(28-22(26)29(2)32-23)11-19(31-18)14-4-3-9-30-12-14;1-20-15(18)19-16(23-20)8-14(10-3-2-6-21-9-10)22-13-5-4-11(17)7-12(13)16;2*1-12(2)6-17-13(18-7-12)8-4-5-9(14)11(16-3)10(8)15;8-6-2-1-3-7(9)5(6)4-10;1-2-4-5-3-1/h5-8,10,14,19H,3-4,9,11-12H2,2H3,(H2,26,28);4-5,7,10,14H,2-3,6,8-9H2,1H3,(H2,18,19);2*4-5H,6-7H2,1-2H3;1-3H;1-4H2. The van der Waals surface area contributed by atoms with Gasteiger partial charge in [-0.1, -0.05) is 74.0 Å². The first kappa shape index (κ1) is 79.7. The van der Waals surface area contributed by atoms with Gasteiger partial charge in [0.25, 0.3) is 17.1 Å². The van der Waals surface area contributed by atoms with Crippen LogP contribution in [-0.2, 0) is 54.0 Å². The van der Waals surface area contributed by atoms with Crippen LogP contribution in [-0.4, -0.2) is 129 Å². The number of hydroxylamine groups is 4. The number of rotatable bonds is 5. The summed E-state index contributed by atoms with van der Waals surface area (Å²) in [7, 11) is 1.70. The molecular formula is C74H77B2BrF8N10O11. The maximum Gasteiger partial charge on any atom is 0.495 e. The Hall–Kier alpha value is -8.89. The van der Waals surface area contributed by atoms with Gasteiger partial charge in [-0.3, -0.25) is 0 Å². The summed E-state index contributed by atoms with van der Waals surface area (Å²) in [5.74, 6) is -4.47. The minimum Gasteiger partial charge on any atom is -0.489 e. The Labute approximate surface area is 618 Å². The Bertz CT molecular complexity index is 4280. The second kappa shape index (κ2) is 34.8. The summed E-state index contributed by atoms with van der Waals surface area (Å²) >= 11 is 3.52. The molecule has 9 heterocycles. The molecule has 9 aliphatic heterocycles. The van der Waals surface area contributed by atoms with E-state index < -0.39 is 94.9 Å². The molecule has 5 saturated heterocycles. The van der Waals surface area contributed by atoms with Crippen LogP contribution in [0.3, 0.4) is 0 Å². The highest BCUT2D eigenvalue weighted by Crippen LogP contribution is 2.51. The Kier molecular flexibility index (Phi) is 26.1. The predicted molar refractivity (Wildman–Crippen MR) is 380 cm³/mol. The number of fused-ring (bicyclic) bond motifs is 4. The van der Waals surface area contributed by atoms with E-state index in [1.165, 1.54) is 53.3 Å². The first-order valence-corrected chi connectivity index (χ1v) is 34.9. The summed E-state index contributed by atoms with van der Waals surface area (Å²) in [6.45, 7) is 35.1. The second-order valence-electron chi connectivity index (χ2n) is 27.7. The van der Waals surface area contributed by atoms with Crippen molar-refractivity contribution in [1.29, 1.82) is 5.26 Å². The van der Waals surface area contributed by atoms with E-state index in [2.05, 4.69) is 40.4 Å². The van der Waals surface area contributed by atoms with Gasteiger partial charge in [0.05, 0.1) is 44.1 Å². The number of nitriles is 1. The summed E-state index contributed by atoms with van der Waals surface area (Å²) in [6.07, 6.45) is 7.53. The van der Waals surface area contributed by atoms with Gasteiger partial charge in [-0.2, -0.15) is 5.26 Å². The van der Waals surface area contributed by atoms with Crippen LogP contribution in [0.1, 0.15) is 95.8 Å². The number of nitrogens with two attached hydrogens (primary N) is 2. The summed E-state index contributed by atoms with van der Waals surface area (Å²) in [4.78, 5) is 30.1. The third-order valence-electron chi connectivity index (χ3n) is 18.3. The summed E-state index contributed by atoms with van der Waals surface area (Å²) in [6, 6.07) is 22.8. The monoisotopic (exact) mass is 1530 g/mol. The van der Waals surface area contributed by atoms with Crippen molar-refractivity contribution in [3.05, 3.63) is 193 Å². The van der Waals surface area contributed by atoms with Crippen molar-refractivity contribution in [3.63, 3.8) is 0 Å². The Morgan fingerprint density at radius 2 is 0.953 bits per heavy atom. The molecule has 4 N–H and O–H groups in total. The fourth-order valence-corrected chi connectivity index (χ4v) is 13.1. The lowest BCUT2D eigenvalue weighted by molar-refractivity contribution is -0.197. The topological polar surface area (TPSA) is 222 Å². The lowest BCUT2D eigenvalue weighted by atomic mass is 9.75. The van der Waals surface area contributed by atoms with Gasteiger partial charge in [0.1, 0.15) is 81.9 Å². The molecule has 6 aromatic rings. The normalized spacial score (nSPS) is 23.6. The van der Waals surface area contributed by atoms with Crippen molar-refractivity contribution in [1.82, 2.24) is 10.1 Å². The van der Waals surface area contributed by atoms with E-state index in [-0.39, 0.29) is 51.4 Å². The van der Waals surface area contributed by atoms with Gasteiger partial charge in [-0.25, -0.2) is 79.4 Å². The third-order valence-corrected chi connectivity index (χ3v) is 18.8. The zero-order valence-electron chi connectivity index (χ0n) is 59.0. The minimum absolute atomic E-state index is 0.00651. The molecule has 0 saturated carbocycles. The van der Waals surface area contributed by atoms with Gasteiger partial charge in [0.15, 0.2) is 0 Å². The van der Waals surface area contributed by atoms with Crippen LogP contribution in [0.2, 0.25) is 0 Å². The van der Waals surface area contributed by atoms with Gasteiger partial charge in [0.2, 0.25) is 23.4 Å². The highest BCUT2D eigenvalue weighted by Gasteiger charge is 2.52. The average molecular weight is 1540 g/mol. The number of nitrogens with zero attached hydrogens (tertiary/aromatic N) is 8. The molecule has 0 bridgehead atoms. The van der Waals surface area contributed by atoms with Crippen LogP contribution < -0.4 is 31.9 Å². The van der Waals surface area contributed by atoms with E-state index in [1.54, 1.807) is 32.3 Å². The molecule has 6 unspecified atom stereocenters. The van der Waals surface area contributed by atoms with Crippen LogP contribution in [0.25, 0.3) is 25.7 Å². The lowest BCUT2D eigenvalue weighted by Gasteiger charge is -2.41. The molecule has 106 heavy (non-hydrogen) atoms. The molecule has 0 radical (unpaired) electrons. The van der Waals surface area contributed by atoms with Crippen LogP contribution in [0.15, 0.2) is 105 Å². The molecule has 2 spiro atoms. The van der Waals surface area contributed by atoms with Crippen molar-refractivity contribution in [2.75, 3.05) is 80.2 Å². The maximum absolute atomic E-state index is 14.9. The predicted octanol–water partition coefficient (Wildman–Crippen LogP) is 13.7. The Morgan fingerprint density at radius 3 is 1.33 bits per heavy atom. The number of aliphatic imine (C=N–C) groups is 2. The van der Waals surface area contributed by atoms with Crippen LogP contribution >= 0.6 is 15.9 Å². The molecule has 21 nitrogen and oxygen atoms in total. The molecule has 5 fully saturated rings. The van der Waals surface area contributed by atoms with E-state index in [9.17, 15) is 35.1 Å². The van der Waals surface area contributed by atoms with Gasteiger partial charge < -0.3 is 53.8 Å². The second-order valence-corrected chi connectivity index (χ2v) is 28.6.